The Labute approximate surface area is 224 Å². The molecular weight excluding hydrogens is 528 g/mol. The van der Waals surface area contributed by atoms with Crippen molar-refractivity contribution in [1.29, 1.82) is 0 Å². The summed E-state index contributed by atoms with van der Waals surface area (Å²) in [6.45, 7) is 3.25. The first kappa shape index (κ1) is 26.5. The maximum atomic E-state index is 12.9. The minimum Gasteiger partial charge on any atom is -0.371 e. The van der Waals surface area contributed by atoms with E-state index in [2.05, 4.69) is 20.3 Å². The number of sulfonamides is 1. The van der Waals surface area contributed by atoms with Gasteiger partial charge in [0.15, 0.2) is 0 Å². The lowest BCUT2D eigenvalue weighted by atomic mass is 10.1. The van der Waals surface area contributed by atoms with E-state index in [9.17, 15) is 22.0 Å². The molecule has 3 N–H and O–H groups in total. The van der Waals surface area contributed by atoms with Gasteiger partial charge in [-0.1, -0.05) is 6.07 Å². The molecule has 39 heavy (non-hydrogen) atoms. The number of nitrogens with one attached hydrogen (secondary N) is 1. The number of amides is 1. The first-order valence-corrected chi connectivity index (χ1v) is 13.9. The second-order valence-electron chi connectivity index (χ2n) is 9.38. The second-order valence-corrected chi connectivity index (χ2v) is 10.9. The summed E-state index contributed by atoms with van der Waals surface area (Å²) in [7, 11) is -3.76. The van der Waals surface area contributed by atoms with Crippen molar-refractivity contribution in [2.75, 3.05) is 36.0 Å². The van der Waals surface area contributed by atoms with Gasteiger partial charge in [-0.05, 0) is 49.2 Å². The van der Waals surface area contributed by atoms with E-state index >= 15 is 0 Å². The number of primary sulfonamides is 1. The number of hydrogen-bond acceptors (Lipinski definition) is 7. The highest BCUT2D eigenvalue weighted by atomic mass is 32.2. The SMILES string of the molecule is Fc1cccc(F)c1.NS(=O)(=O)c1ccc(N2CC(NC(=O)c3cnn4ccc(N5CCCC5)cc34)C2)nc1. The van der Waals surface area contributed by atoms with Crippen LogP contribution in [0.1, 0.15) is 23.2 Å². The summed E-state index contributed by atoms with van der Waals surface area (Å²) in [5, 5.41) is 12.4. The van der Waals surface area contributed by atoms with E-state index in [0.717, 1.165) is 30.4 Å². The average molecular weight is 556 g/mol. The lowest BCUT2D eigenvalue weighted by molar-refractivity contribution is 0.0931. The van der Waals surface area contributed by atoms with Crippen LogP contribution in [-0.4, -0.2) is 61.1 Å². The molecule has 5 heterocycles. The Morgan fingerprint density at radius 3 is 2.28 bits per heavy atom. The quantitative estimate of drug-likeness (QED) is 0.388. The Bertz CT molecular complexity index is 1570. The minimum absolute atomic E-state index is 0.0241. The lowest BCUT2D eigenvalue weighted by Gasteiger charge is -2.40. The number of hydrogen-bond donors (Lipinski definition) is 2. The van der Waals surface area contributed by atoms with Crippen molar-refractivity contribution in [3.05, 3.63) is 84.3 Å². The summed E-state index contributed by atoms with van der Waals surface area (Å²) in [6, 6.07) is 11.6. The molecule has 2 fully saturated rings. The summed E-state index contributed by atoms with van der Waals surface area (Å²) in [5.41, 5.74) is 2.46. The zero-order valence-corrected chi connectivity index (χ0v) is 21.7. The number of halogens is 2. The van der Waals surface area contributed by atoms with Gasteiger partial charge < -0.3 is 15.1 Å². The number of nitrogens with zero attached hydrogens (tertiary/aromatic N) is 5. The molecule has 10 nitrogen and oxygen atoms in total. The zero-order valence-electron chi connectivity index (χ0n) is 20.9. The highest BCUT2D eigenvalue weighted by Gasteiger charge is 2.30. The molecule has 2 saturated heterocycles. The van der Waals surface area contributed by atoms with Crippen molar-refractivity contribution in [3.63, 3.8) is 0 Å². The van der Waals surface area contributed by atoms with Crippen LogP contribution in [0, 0.1) is 11.6 Å². The number of carbonyl (C=O) groups excluding carboxylic acids is 1. The lowest BCUT2D eigenvalue weighted by Crippen LogP contribution is -2.59. The summed E-state index contributed by atoms with van der Waals surface area (Å²) in [6.07, 6.45) is 7.11. The van der Waals surface area contributed by atoms with Crippen LogP contribution in [0.2, 0.25) is 0 Å². The van der Waals surface area contributed by atoms with Gasteiger partial charge in [-0.2, -0.15) is 5.10 Å². The third-order valence-corrected chi connectivity index (χ3v) is 7.50. The highest BCUT2D eigenvalue weighted by molar-refractivity contribution is 7.89. The Balaban J connectivity index is 0.000000332. The first-order chi connectivity index (χ1) is 18.7. The number of aromatic nitrogens is 3. The van der Waals surface area contributed by atoms with Gasteiger partial charge in [-0.3, -0.25) is 4.79 Å². The van der Waals surface area contributed by atoms with Crippen LogP contribution >= 0.6 is 0 Å². The van der Waals surface area contributed by atoms with E-state index in [0.29, 0.717) is 24.5 Å². The van der Waals surface area contributed by atoms with Crippen LogP contribution < -0.4 is 20.3 Å². The minimum atomic E-state index is -3.76. The van der Waals surface area contributed by atoms with E-state index in [4.69, 9.17) is 5.14 Å². The number of pyridine rings is 2. The maximum absolute atomic E-state index is 12.9. The molecule has 2 aliphatic rings. The Kier molecular flexibility index (Phi) is 7.44. The van der Waals surface area contributed by atoms with Gasteiger partial charge in [0, 0.05) is 50.3 Å². The molecule has 6 rings (SSSR count). The molecular formula is C26H27F2N7O3S. The van der Waals surface area contributed by atoms with Crippen LogP contribution in [0.15, 0.2) is 72.0 Å². The normalized spacial score (nSPS) is 15.6. The maximum Gasteiger partial charge on any atom is 0.255 e. The van der Waals surface area contributed by atoms with Crippen molar-refractivity contribution in [2.24, 2.45) is 5.14 Å². The van der Waals surface area contributed by atoms with E-state index in [1.807, 2.05) is 23.2 Å². The molecule has 3 aromatic heterocycles. The fourth-order valence-electron chi connectivity index (χ4n) is 4.52. The van der Waals surface area contributed by atoms with E-state index < -0.39 is 21.7 Å². The predicted molar refractivity (Wildman–Crippen MR) is 142 cm³/mol. The largest absolute Gasteiger partial charge is 0.371 e. The number of fused-ring (bicyclic) bond motifs is 1. The van der Waals surface area contributed by atoms with Crippen LogP contribution in [-0.2, 0) is 10.0 Å². The summed E-state index contributed by atoms with van der Waals surface area (Å²) in [5.74, 6) is -0.588. The number of benzene rings is 1. The number of carbonyl (C=O) groups is 1. The van der Waals surface area contributed by atoms with E-state index in [1.54, 1.807) is 16.8 Å². The Morgan fingerprint density at radius 1 is 0.974 bits per heavy atom. The standard InChI is InChI=1S/C20H23N7O3S.C6H4F2/c21-31(29,30)16-3-4-19(22-10-16)26-12-14(13-26)24-20(28)17-11-23-27-8-5-15(9-18(17)27)25-6-1-2-7-25;7-5-2-1-3-6(8)4-5/h3-5,8-11,14H,1-2,6-7,12-13H2,(H,24,28)(H2,21,29,30);1-4H. The van der Waals surface area contributed by atoms with Gasteiger partial charge in [0.2, 0.25) is 10.0 Å². The zero-order chi connectivity index (χ0) is 27.6. The topological polar surface area (TPSA) is 126 Å². The smallest absolute Gasteiger partial charge is 0.255 e. The first-order valence-electron chi connectivity index (χ1n) is 12.4. The third-order valence-electron chi connectivity index (χ3n) is 6.60. The fraction of sp³-hybridized carbons (Fsp3) is 0.269. The summed E-state index contributed by atoms with van der Waals surface area (Å²) >= 11 is 0. The molecule has 0 saturated carbocycles. The molecule has 0 bridgehead atoms. The van der Waals surface area contributed by atoms with Gasteiger partial charge in [0.05, 0.1) is 23.3 Å². The molecule has 0 spiro atoms. The summed E-state index contributed by atoms with van der Waals surface area (Å²) < 4.78 is 48.3. The van der Waals surface area contributed by atoms with Gasteiger partial charge in [0.1, 0.15) is 22.3 Å². The summed E-state index contributed by atoms with van der Waals surface area (Å²) in [4.78, 5) is 21.3. The Morgan fingerprint density at radius 2 is 1.69 bits per heavy atom. The fourth-order valence-corrected chi connectivity index (χ4v) is 4.98. The molecule has 0 unspecified atom stereocenters. The second kappa shape index (κ2) is 10.9. The molecule has 1 aromatic carbocycles. The van der Waals surface area contributed by atoms with E-state index in [-0.39, 0.29) is 16.8 Å². The van der Waals surface area contributed by atoms with Crippen LogP contribution in [0.4, 0.5) is 20.3 Å². The van der Waals surface area contributed by atoms with Crippen LogP contribution in [0.3, 0.4) is 0 Å². The van der Waals surface area contributed by atoms with Crippen LogP contribution in [0.5, 0.6) is 0 Å². The van der Waals surface area contributed by atoms with E-state index in [1.165, 1.54) is 43.3 Å². The van der Waals surface area contributed by atoms with Gasteiger partial charge in [-0.25, -0.2) is 31.8 Å². The molecule has 0 aliphatic carbocycles. The number of anilines is 2. The van der Waals surface area contributed by atoms with Crippen molar-refractivity contribution in [3.8, 4) is 0 Å². The van der Waals surface area contributed by atoms with Gasteiger partial charge in [0.25, 0.3) is 5.91 Å². The molecule has 2 aliphatic heterocycles. The van der Waals surface area contributed by atoms with Crippen molar-refractivity contribution in [1.82, 2.24) is 19.9 Å². The van der Waals surface area contributed by atoms with Crippen LogP contribution in [0.25, 0.3) is 5.52 Å². The third kappa shape index (κ3) is 6.15. The average Bonchev–Trinajstić information content (AvgIpc) is 3.56. The van der Waals surface area contributed by atoms with Crippen molar-refractivity contribution >= 4 is 33.0 Å². The Hall–Kier alpha value is -4.10. The van der Waals surface area contributed by atoms with Gasteiger partial charge in [-0.15, -0.1) is 0 Å². The number of rotatable bonds is 5. The van der Waals surface area contributed by atoms with Gasteiger partial charge >= 0.3 is 0 Å². The molecule has 4 aromatic rings. The molecule has 204 valence electrons. The number of nitrogens with two attached hydrogens (primary N) is 1. The highest BCUT2D eigenvalue weighted by Crippen LogP contribution is 2.24. The molecule has 0 atom stereocenters. The molecule has 0 radical (unpaired) electrons. The monoisotopic (exact) mass is 555 g/mol. The molecule has 1 amide bonds. The van der Waals surface area contributed by atoms with Crippen molar-refractivity contribution in [2.45, 2.75) is 23.8 Å². The van der Waals surface area contributed by atoms with Crippen molar-refractivity contribution < 1.29 is 22.0 Å². The predicted octanol–water partition coefficient (Wildman–Crippen LogP) is 2.56. The molecule has 13 heteroatoms.